The molecule has 3 aromatic heterocycles. The monoisotopic (exact) mass is 1350 g/mol. The minimum absolute atomic E-state index is 0.0382. The average molecular weight is 1350 g/mol. The van der Waals surface area contributed by atoms with Gasteiger partial charge in [0, 0.05) is 89.3 Å². The van der Waals surface area contributed by atoms with Gasteiger partial charge in [-0.1, -0.05) is 93.6 Å². The van der Waals surface area contributed by atoms with Gasteiger partial charge in [-0.15, -0.1) is 0 Å². The third-order valence-corrected chi connectivity index (χ3v) is 30.3. The van der Waals surface area contributed by atoms with Crippen LogP contribution in [-0.2, 0) is 19.0 Å². The van der Waals surface area contributed by atoms with Gasteiger partial charge < -0.3 is 24.8 Å². The van der Waals surface area contributed by atoms with E-state index >= 15 is 0 Å². The maximum atomic E-state index is 12.4. The van der Waals surface area contributed by atoms with Gasteiger partial charge >= 0.3 is 0 Å². The van der Waals surface area contributed by atoms with E-state index in [2.05, 4.69) is 197 Å². The van der Waals surface area contributed by atoms with E-state index in [9.17, 15) is 4.79 Å². The van der Waals surface area contributed by atoms with Gasteiger partial charge in [0.25, 0.3) is 0 Å². The van der Waals surface area contributed by atoms with E-state index in [-0.39, 0.29) is 60.9 Å². The molecule has 526 valence electrons. The Labute approximate surface area is 600 Å². The highest BCUT2D eigenvalue weighted by molar-refractivity contribution is 5.85. The molecule has 9 heteroatoms. The molecule has 6 spiro atoms. The summed E-state index contributed by atoms with van der Waals surface area (Å²) >= 11 is 0. The van der Waals surface area contributed by atoms with E-state index in [1.807, 2.05) is 37.2 Å². The van der Waals surface area contributed by atoms with Crippen molar-refractivity contribution in [1.29, 1.82) is 0 Å². The number of benzene rings is 3. The molecule has 6 bridgehead atoms. The van der Waals surface area contributed by atoms with E-state index in [0.29, 0.717) is 66.2 Å². The summed E-state index contributed by atoms with van der Waals surface area (Å²) in [6.45, 7) is 21.4. The van der Waals surface area contributed by atoms with Crippen molar-refractivity contribution >= 4 is 38.1 Å². The van der Waals surface area contributed by atoms with Gasteiger partial charge in [0.1, 0.15) is 5.78 Å². The van der Waals surface area contributed by atoms with Crippen molar-refractivity contribution in [3.63, 3.8) is 0 Å². The summed E-state index contributed by atoms with van der Waals surface area (Å²) in [4.78, 5) is 25.5. The molecule has 15 aliphatic rings. The Kier molecular flexibility index (Phi) is 14.9. The largest absolute Gasteiger partial charge is 0.359 e. The second-order valence-corrected chi connectivity index (χ2v) is 38.0. The van der Waals surface area contributed by atoms with E-state index in [0.717, 1.165) is 38.5 Å². The summed E-state index contributed by atoms with van der Waals surface area (Å²) in [5, 5.41) is 15.4. The second-order valence-electron chi connectivity index (χ2n) is 38.0. The number of rotatable bonds is 5. The first-order chi connectivity index (χ1) is 48.4. The van der Waals surface area contributed by atoms with Gasteiger partial charge in [0.2, 0.25) is 0 Å². The molecule has 9 nitrogen and oxygen atoms in total. The van der Waals surface area contributed by atoms with Crippen LogP contribution in [0.25, 0.3) is 32.3 Å². The first kappa shape index (κ1) is 65.6. The zero-order valence-electron chi connectivity index (χ0n) is 61.9. The van der Waals surface area contributed by atoms with E-state index in [1.54, 1.807) is 11.1 Å². The first-order valence-corrected chi connectivity index (χ1v) is 39.9. The number of pyridine rings is 3. The molecule has 2 N–H and O–H groups in total. The van der Waals surface area contributed by atoms with Gasteiger partial charge in [-0.05, 0) is 337 Å². The fraction of sp³-hybridized carbons (Fsp3) is 0.565. The van der Waals surface area contributed by atoms with Crippen LogP contribution in [0, 0.1) is 34.0 Å². The topological polar surface area (TPSA) is 107 Å². The maximum absolute atomic E-state index is 12.4. The first-order valence-electron chi connectivity index (χ1n) is 39.9. The van der Waals surface area contributed by atoms with Gasteiger partial charge in [0.15, 0.2) is 0 Å². The Bertz CT molecular complexity index is 4420. The third-order valence-electron chi connectivity index (χ3n) is 30.3. The number of fused-ring (bicyclic) bond motifs is 6. The van der Waals surface area contributed by atoms with Crippen molar-refractivity contribution in [1.82, 2.24) is 25.6 Å². The molecule has 101 heavy (non-hydrogen) atoms. The van der Waals surface area contributed by atoms with Crippen LogP contribution in [0.1, 0.15) is 251 Å². The summed E-state index contributed by atoms with van der Waals surface area (Å²) in [6, 6.07) is 28.6. The Morgan fingerprint density at radius 2 is 0.762 bits per heavy atom. The molecular weight excluding hydrogens is 1240 g/mol. The number of hydrogen-bond acceptors (Lipinski definition) is 9. The van der Waals surface area contributed by atoms with Gasteiger partial charge in [-0.25, -0.2) is 0 Å². The molecule has 6 aromatic rings. The van der Waals surface area contributed by atoms with Crippen LogP contribution >= 0.6 is 0 Å². The number of hydrogen-bond donors (Lipinski definition) is 2. The summed E-state index contributed by atoms with van der Waals surface area (Å²) in [5.41, 5.74) is 13.8. The minimum Gasteiger partial charge on any atom is -0.359 e. The summed E-state index contributed by atoms with van der Waals surface area (Å²) < 4.78 is 22.1. The van der Waals surface area contributed by atoms with Crippen LogP contribution in [0.4, 0.5) is 0 Å². The number of carbonyl (C=O) groups is 1. The lowest BCUT2D eigenvalue weighted by molar-refractivity contribution is -0.146. The van der Waals surface area contributed by atoms with Crippen LogP contribution < -0.4 is 10.6 Å². The number of allylic oxidation sites excluding steroid dienone is 3. The number of nitrogens with one attached hydrogen (secondary N) is 2. The lowest BCUT2D eigenvalue weighted by Gasteiger charge is -2.54. The predicted octanol–water partition coefficient (Wildman–Crippen LogP) is 20.5. The quantitative estimate of drug-likeness (QED) is 0.174. The molecule has 6 saturated carbocycles. The Morgan fingerprint density at radius 3 is 1.14 bits per heavy atom. The maximum Gasteiger partial charge on any atom is 0.136 e. The van der Waals surface area contributed by atoms with Crippen molar-refractivity contribution in [3.05, 3.63) is 197 Å². The summed E-state index contributed by atoms with van der Waals surface area (Å²) in [5.74, 6) is 3.79. The van der Waals surface area contributed by atoms with Crippen molar-refractivity contribution in [2.24, 2.45) is 34.0 Å². The molecule has 0 unspecified atom stereocenters. The zero-order valence-corrected chi connectivity index (χ0v) is 61.9. The number of carbonyl (C=O) groups excluding carboxylic acids is 1. The molecule has 0 amide bonds. The Balaban J connectivity index is 0.000000105. The normalized spacial score (nSPS) is 40.3. The fourth-order valence-corrected chi connectivity index (χ4v) is 26.1. The van der Waals surface area contributed by atoms with Crippen LogP contribution in [0.2, 0.25) is 0 Å². The molecule has 3 aromatic carbocycles. The SMILES string of the molecule is CC(C)(C)N[C@@H]1CCC2=CC3=CC[C@]4(C)[C@@H](c5ccc6ccncc6c5)CC[C@H]4[C@@]34CC[C@]2(C1)O4.CC(C)(C)N[C@H]1CCC2=CC3=CC[C@]4(C)[C@@H](c5ccc6ccncc6c5)CC[C@H]4[C@@]34CC[C@]2(C1)O4.C[C@]12CC=C3C=C4CCC(=O)C[C@]45CC[C@]3(O5)[C@@H]1CC[C@@H]2c1ccc2ccncc2c1. The number of nitrogens with zero attached hydrogens (tertiary/aromatic N) is 3. The molecule has 0 radical (unpaired) electrons. The second kappa shape index (κ2) is 22.9. The van der Waals surface area contributed by atoms with E-state index in [4.69, 9.17) is 14.2 Å². The highest BCUT2D eigenvalue weighted by Gasteiger charge is 2.70. The van der Waals surface area contributed by atoms with Crippen LogP contribution in [0.5, 0.6) is 0 Å². The summed E-state index contributed by atoms with van der Waals surface area (Å²) in [7, 11) is 0. The van der Waals surface area contributed by atoms with Crippen molar-refractivity contribution in [2.75, 3.05) is 0 Å². The number of ketones is 1. The van der Waals surface area contributed by atoms with Gasteiger partial charge in [-0.3, -0.25) is 19.7 Å². The number of ether oxygens (including phenoxy) is 3. The molecule has 9 aliphatic carbocycles. The van der Waals surface area contributed by atoms with Gasteiger partial charge in [0.05, 0.1) is 33.6 Å². The lowest BCUT2D eigenvalue weighted by atomic mass is 9.58. The Hall–Kier alpha value is -6.20. The van der Waals surface area contributed by atoms with E-state index < -0.39 is 0 Å². The summed E-state index contributed by atoms with van der Waals surface area (Å²) in [6.07, 6.45) is 54.1. The average Bonchev–Trinajstić information content (AvgIpc) is 1.56. The predicted molar refractivity (Wildman–Crippen MR) is 406 cm³/mol. The van der Waals surface area contributed by atoms with Crippen molar-refractivity contribution < 1.29 is 19.0 Å². The van der Waals surface area contributed by atoms with Crippen LogP contribution in [0.3, 0.4) is 0 Å². The van der Waals surface area contributed by atoms with Crippen molar-refractivity contribution in [3.8, 4) is 0 Å². The molecule has 9 heterocycles. The molecule has 3 saturated heterocycles. The zero-order chi connectivity index (χ0) is 69.0. The van der Waals surface area contributed by atoms with E-state index in [1.165, 1.54) is 174 Å². The van der Waals surface area contributed by atoms with Gasteiger partial charge in [-0.2, -0.15) is 0 Å². The number of Topliss-reactive ketones (excluding diaryl/α,β-unsaturated/α-hetero) is 1. The van der Waals surface area contributed by atoms with Crippen LogP contribution in [0.15, 0.2) is 180 Å². The smallest absolute Gasteiger partial charge is 0.136 e. The molecule has 21 rings (SSSR count). The lowest BCUT2D eigenvalue weighted by Crippen LogP contribution is -2.56. The highest BCUT2D eigenvalue weighted by atomic mass is 16.5. The fourth-order valence-electron chi connectivity index (χ4n) is 26.1. The third kappa shape index (κ3) is 10.1. The standard InChI is InChI=1S/2C32H40N2O.C28H29NO2/c2*1-29(2,3)34-26-8-7-24-18-25-11-13-30(4)27(22-6-5-21-12-16-33-20-23(21)17-22)9-10-28(30)32(25)15-14-31(24,19-26)35-32;1-26-10-8-22-15-21-4-5-23(30)16-27(21)11-12-28(22,31-27)25(26)7-6-24(26)19-3-2-18-9-13-29-17-20(18)14-19/h2*5-6,11-12,16-18,20,26-28,34H,7-10,13-15,19H2,1-4H3;2-3,8-9,13-15,17,24-25H,4-7,10-12,16H2,1H3/t26-,27+,28+,30+,31+,32+;26-,27-,28-,30-,31-,32-;24-,25-,26-,27-,28-/m011/s1. The molecule has 6 aliphatic heterocycles. The Morgan fingerprint density at radius 1 is 0.406 bits per heavy atom. The minimum atomic E-state index is -0.294. The molecule has 17 atom stereocenters. The van der Waals surface area contributed by atoms with Crippen LogP contribution in [-0.4, -0.2) is 77.5 Å². The molecule has 9 fully saturated rings. The van der Waals surface area contributed by atoms with Crippen molar-refractivity contribution in [2.45, 2.75) is 291 Å². The number of aromatic nitrogens is 3. The molecular formula is C92H109N5O4. The highest BCUT2D eigenvalue weighted by Crippen LogP contribution is 2.73.